The Morgan fingerprint density at radius 3 is 2.62 bits per heavy atom. The Morgan fingerprint density at radius 1 is 1.33 bits per heavy atom. The van der Waals surface area contributed by atoms with Crippen molar-refractivity contribution in [3.63, 3.8) is 0 Å². The second kappa shape index (κ2) is 6.76. The Morgan fingerprint density at radius 2 is 2.05 bits per heavy atom. The van der Waals surface area contributed by atoms with Crippen molar-refractivity contribution >= 4 is 11.8 Å². The van der Waals surface area contributed by atoms with Crippen LogP contribution in [0, 0.1) is 5.82 Å². The molecule has 0 saturated heterocycles. The first-order chi connectivity index (χ1) is 10.1. The molecule has 1 unspecified atom stereocenters. The second-order valence-electron chi connectivity index (χ2n) is 4.23. The number of nitrogens with one attached hydrogen (secondary N) is 1. The molecule has 2 rings (SSSR count). The van der Waals surface area contributed by atoms with E-state index in [9.17, 15) is 14.3 Å². The van der Waals surface area contributed by atoms with Gasteiger partial charge in [-0.05, 0) is 17.7 Å². The maximum atomic E-state index is 12.8. The van der Waals surface area contributed by atoms with Gasteiger partial charge in [0.1, 0.15) is 11.6 Å². The molecule has 0 aliphatic rings. The van der Waals surface area contributed by atoms with E-state index in [0.717, 1.165) is 0 Å². The standard InChI is InChI=1S/C14H14FN3O3/c1-21-14(20)11-6-17-13(8-16-11)18-7-12(19)9-2-4-10(15)5-3-9/h2-6,8,12,19H,7H2,1H3,(H,17,18). The average molecular weight is 291 g/mol. The van der Waals surface area contributed by atoms with E-state index in [1.165, 1.54) is 43.8 Å². The van der Waals surface area contributed by atoms with Gasteiger partial charge in [0.2, 0.25) is 0 Å². The molecule has 0 spiro atoms. The van der Waals surface area contributed by atoms with E-state index in [1.54, 1.807) is 0 Å². The van der Waals surface area contributed by atoms with Crippen molar-refractivity contribution in [3.8, 4) is 0 Å². The second-order valence-corrected chi connectivity index (χ2v) is 4.23. The zero-order valence-corrected chi connectivity index (χ0v) is 11.3. The number of hydrogen-bond donors (Lipinski definition) is 2. The first-order valence-electron chi connectivity index (χ1n) is 6.18. The molecule has 0 saturated carbocycles. The van der Waals surface area contributed by atoms with Gasteiger partial charge in [0.05, 0.1) is 25.6 Å². The zero-order chi connectivity index (χ0) is 15.2. The summed E-state index contributed by atoms with van der Waals surface area (Å²) in [5.74, 6) is -0.521. The van der Waals surface area contributed by atoms with Crippen LogP contribution < -0.4 is 5.32 Å². The lowest BCUT2D eigenvalue weighted by molar-refractivity contribution is 0.0593. The van der Waals surface area contributed by atoms with Crippen molar-refractivity contribution in [1.29, 1.82) is 0 Å². The number of methoxy groups -OCH3 is 1. The van der Waals surface area contributed by atoms with Gasteiger partial charge in [-0.15, -0.1) is 0 Å². The van der Waals surface area contributed by atoms with Crippen molar-refractivity contribution in [1.82, 2.24) is 9.97 Å². The molecule has 0 amide bonds. The van der Waals surface area contributed by atoms with Crippen molar-refractivity contribution in [2.24, 2.45) is 0 Å². The number of nitrogens with zero attached hydrogens (tertiary/aromatic N) is 2. The fourth-order valence-electron chi connectivity index (χ4n) is 1.63. The van der Waals surface area contributed by atoms with Crippen LogP contribution >= 0.6 is 0 Å². The predicted octanol–water partition coefficient (Wildman–Crippen LogP) is 1.55. The fraction of sp³-hybridized carbons (Fsp3) is 0.214. The lowest BCUT2D eigenvalue weighted by atomic mass is 10.1. The van der Waals surface area contributed by atoms with Gasteiger partial charge >= 0.3 is 5.97 Å². The molecule has 110 valence electrons. The van der Waals surface area contributed by atoms with Crippen molar-refractivity contribution in [2.45, 2.75) is 6.10 Å². The molecule has 0 bridgehead atoms. The maximum absolute atomic E-state index is 12.8. The summed E-state index contributed by atoms with van der Waals surface area (Å²) in [5, 5.41) is 12.8. The highest BCUT2D eigenvalue weighted by Gasteiger charge is 2.10. The molecule has 1 aromatic heterocycles. The van der Waals surface area contributed by atoms with Gasteiger partial charge in [-0.2, -0.15) is 0 Å². The summed E-state index contributed by atoms with van der Waals surface area (Å²) in [7, 11) is 1.26. The van der Waals surface area contributed by atoms with E-state index in [1.807, 2.05) is 0 Å². The Kier molecular flexibility index (Phi) is 4.78. The maximum Gasteiger partial charge on any atom is 0.358 e. The summed E-state index contributed by atoms with van der Waals surface area (Å²) in [6, 6.07) is 5.58. The number of rotatable bonds is 5. The molecule has 1 atom stereocenters. The Hall–Kier alpha value is -2.54. The number of carbonyl (C=O) groups excluding carboxylic acids is 1. The SMILES string of the molecule is COC(=O)c1cnc(NCC(O)c2ccc(F)cc2)cn1. The first-order valence-corrected chi connectivity index (χ1v) is 6.18. The molecule has 2 aromatic rings. The lowest BCUT2D eigenvalue weighted by Crippen LogP contribution is -2.14. The van der Waals surface area contributed by atoms with Crippen molar-refractivity contribution in [3.05, 3.63) is 53.7 Å². The molecule has 0 radical (unpaired) electrons. The minimum Gasteiger partial charge on any atom is -0.464 e. The molecule has 1 aromatic carbocycles. The molecular formula is C14H14FN3O3. The quantitative estimate of drug-likeness (QED) is 0.813. The Labute approximate surface area is 120 Å². The van der Waals surface area contributed by atoms with E-state index in [0.29, 0.717) is 11.4 Å². The van der Waals surface area contributed by atoms with Gasteiger partial charge in [-0.25, -0.2) is 19.2 Å². The topological polar surface area (TPSA) is 84.3 Å². The van der Waals surface area contributed by atoms with E-state index >= 15 is 0 Å². The van der Waals surface area contributed by atoms with Crippen LogP contribution in [0.1, 0.15) is 22.2 Å². The monoisotopic (exact) mass is 291 g/mol. The summed E-state index contributed by atoms with van der Waals surface area (Å²) < 4.78 is 17.3. The number of aromatic nitrogens is 2. The molecule has 21 heavy (non-hydrogen) atoms. The average Bonchev–Trinajstić information content (AvgIpc) is 2.53. The molecule has 2 N–H and O–H groups in total. The van der Waals surface area contributed by atoms with E-state index in [4.69, 9.17) is 0 Å². The van der Waals surface area contributed by atoms with Crippen LogP contribution in [0.5, 0.6) is 0 Å². The molecule has 1 heterocycles. The van der Waals surface area contributed by atoms with E-state index in [2.05, 4.69) is 20.0 Å². The van der Waals surface area contributed by atoms with Gasteiger partial charge in [-0.3, -0.25) is 0 Å². The molecule has 0 aliphatic heterocycles. The van der Waals surface area contributed by atoms with Gasteiger partial charge in [-0.1, -0.05) is 12.1 Å². The highest BCUT2D eigenvalue weighted by molar-refractivity contribution is 5.86. The minimum absolute atomic E-state index is 0.0992. The summed E-state index contributed by atoms with van der Waals surface area (Å²) in [6.07, 6.45) is 1.83. The Bertz CT molecular complexity index is 602. The van der Waals surface area contributed by atoms with Crippen LogP contribution in [0.15, 0.2) is 36.7 Å². The fourth-order valence-corrected chi connectivity index (χ4v) is 1.63. The first kappa shape index (κ1) is 14.9. The van der Waals surface area contributed by atoms with E-state index in [-0.39, 0.29) is 18.1 Å². The normalized spacial score (nSPS) is 11.8. The van der Waals surface area contributed by atoms with Crippen LogP contribution in [-0.4, -0.2) is 34.7 Å². The Balaban J connectivity index is 1.93. The summed E-state index contributed by atoms with van der Waals surface area (Å²) in [4.78, 5) is 19.1. The number of aliphatic hydroxyl groups excluding tert-OH is 1. The van der Waals surface area contributed by atoms with Crippen molar-refractivity contribution in [2.75, 3.05) is 19.0 Å². The molecule has 7 heteroatoms. The summed E-state index contributed by atoms with van der Waals surface area (Å²) in [6.45, 7) is 0.178. The van der Waals surface area contributed by atoms with Gasteiger partial charge < -0.3 is 15.2 Å². The smallest absolute Gasteiger partial charge is 0.358 e. The largest absolute Gasteiger partial charge is 0.464 e. The van der Waals surface area contributed by atoms with Crippen LogP contribution in [0.2, 0.25) is 0 Å². The zero-order valence-electron chi connectivity index (χ0n) is 11.3. The summed E-state index contributed by atoms with van der Waals surface area (Å²) >= 11 is 0. The van der Waals surface area contributed by atoms with Crippen LogP contribution in [0.4, 0.5) is 10.2 Å². The van der Waals surface area contributed by atoms with E-state index < -0.39 is 12.1 Å². The van der Waals surface area contributed by atoms with Crippen LogP contribution in [0.3, 0.4) is 0 Å². The van der Waals surface area contributed by atoms with Crippen molar-refractivity contribution < 1.29 is 19.0 Å². The number of halogens is 1. The third kappa shape index (κ3) is 3.96. The highest BCUT2D eigenvalue weighted by atomic mass is 19.1. The number of ether oxygens (including phenoxy) is 1. The number of anilines is 1. The molecule has 0 aliphatic carbocycles. The molecule has 6 nitrogen and oxygen atoms in total. The molecular weight excluding hydrogens is 277 g/mol. The number of carbonyl (C=O) groups is 1. The van der Waals surface area contributed by atoms with Gasteiger partial charge in [0.15, 0.2) is 5.69 Å². The van der Waals surface area contributed by atoms with Crippen LogP contribution in [-0.2, 0) is 4.74 Å². The van der Waals surface area contributed by atoms with Gasteiger partial charge in [0, 0.05) is 6.54 Å². The lowest BCUT2D eigenvalue weighted by Gasteiger charge is -2.12. The molecule has 0 fully saturated rings. The van der Waals surface area contributed by atoms with Crippen LogP contribution in [0.25, 0.3) is 0 Å². The minimum atomic E-state index is -0.812. The number of benzene rings is 1. The number of aliphatic hydroxyl groups is 1. The van der Waals surface area contributed by atoms with Gasteiger partial charge in [0.25, 0.3) is 0 Å². The predicted molar refractivity (Wildman–Crippen MR) is 73.2 cm³/mol. The third-order valence-electron chi connectivity index (χ3n) is 2.78. The number of hydrogen-bond acceptors (Lipinski definition) is 6. The third-order valence-corrected chi connectivity index (χ3v) is 2.78. The highest BCUT2D eigenvalue weighted by Crippen LogP contribution is 2.14. The number of esters is 1. The summed E-state index contributed by atoms with van der Waals surface area (Å²) in [5.41, 5.74) is 0.685.